The van der Waals surface area contributed by atoms with E-state index in [2.05, 4.69) is 38.8 Å². The van der Waals surface area contributed by atoms with Crippen LogP contribution in [0, 0.1) is 0 Å². The molecule has 1 aromatic rings. The molecule has 0 spiro atoms. The number of aromatic nitrogens is 1. The number of pyridine rings is 1. The van der Waals surface area contributed by atoms with E-state index >= 15 is 0 Å². The third-order valence-electron chi connectivity index (χ3n) is 3.19. The van der Waals surface area contributed by atoms with Crippen LogP contribution >= 0.6 is 15.9 Å². The van der Waals surface area contributed by atoms with Crippen LogP contribution in [-0.4, -0.2) is 35.7 Å². The van der Waals surface area contributed by atoms with Crippen LogP contribution in [0.15, 0.2) is 22.9 Å². The number of hydrogen-bond acceptors (Lipinski definition) is 3. The third-order valence-corrected chi connectivity index (χ3v) is 3.62. The zero-order valence-electron chi connectivity index (χ0n) is 10.9. The molecule has 0 N–H and O–H groups in total. The van der Waals surface area contributed by atoms with Gasteiger partial charge in [-0.25, -0.2) is 0 Å². The predicted octanol–water partition coefficient (Wildman–Crippen LogP) is 3.24. The maximum atomic E-state index is 5.86. The zero-order chi connectivity index (χ0) is 12.8. The fourth-order valence-electron chi connectivity index (χ4n) is 2.38. The Labute approximate surface area is 118 Å². The summed E-state index contributed by atoms with van der Waals surface area (Å²) < 4.78 is 6.91. The minimum Gasteiger partial charge on any atom is -0.377 e. The van der Waals surface area contributed by atoms with Gasteiger partial charge in [0.15, 0.2) is 0 Å². The van der Waals surface area contributed by atoms with Crippen molar-refractivity contribution in [2.75, 3.05) is 19.7 Å². The summed E-state index contributed by atoms with van der Waals surface area (Å²) in [5, 5.41) is 0. The number of hydrogen-bond donors (Lipinski definition) is 0. The van der Waals surface area contributed by atoms with Crippen LogP contribution in [-0.2, 0) is 11.3 Å². The molecule has 0 radical (unpaired) electrons. The first kappa shape index (κ1) is 14.0. The lowest BCUT2D eigenvalue weighted by atomic mass is 10.1. The summed E-state index contributed by atoms with van der Waals surface area (Å²) in [5.74, 6) is 0. The van der Waals surface area contributed by atoms with Gasteiger partial charge in [0.05, 0.1) is 6.10 Å². The number of rotatable bonds is 5. The topological polar surface area (TPSA) is 25.4 Å². The van der Waals surface area contributed by atoms with Crippen molar-refractivity contribution in [1.29, 1.82) is 0 Å². The van der Waals surface area contributed by atoms with Crippen molar-refractivity contribution in [3.8, 4) is 0 Å². The van der Waals surface area contributed by atoms with Crippen molar-refractivity contribution >= 4 is 15.9 Å². The molecular weight excluding hydrogens is 292 g/mol. The first-order chi connectivity index (χ1) is 8.78. The number of halogens is 1. The van der Waals surface area contributed by atoms with E-state index in [0.29, 0.717) is 6.10 Å². The molecule has 1 aliphatic heterocycles. The second-order valence-electron chi connectivity index (χ2n) is 4.88. The van der Waals surface area contributed by atoms with Crippen molar-refractivity contribution < 1.29 is 4.74 Å². The van der Waals surface area contributed by atoms with Gasteiger partial charge >= 0.3 is 0 Å². The minimum absolute atomic E-state index is 0.416. The van der Waals surface area contributed by atoms with Crippen LogP contribution in [0.4, 0.5) is 0 Å². The number of nitrogens with zero attached hydrogens (tertiary/aromatic N) is 2. The number of piperidine rings is 1. The van der Waals surface area contributed by atoms with Gasteiger partial charge in [-0.15, -0.1) is 0 Å². The van der Waals surface area contributed by atoms with Crippen LogP contribution in [0.2, 0.25) is 0 Å². The molecule has 2 heterocycles. The monoisotopic (exact) mass is 312 g/mol. The second kappa shape index (κ2) is 7.22. The van der Waals surface area contributed by atoms with Crippen LogP contribution in [0.25, 0.3) is 0 Å². The average molecular weight is 313 g/mol. The van der Waals surface area contributed by atoms with E-state index in [0.717, 1.165) is 30.6 Å². The standard InChI is InChI=1S/C14H21BrN2O/c1-2-6-18-14-4-3-5-17(11-14)10-12-7-13(15)9-16-8-12/h7-9,14H,2-6,10-11H2,1H3. The Balaban J connectivity index is 1.85. The third kappa shape index (κ3) is 4.34. The molecule has 3 nitrogen and oxygen atoms in total. The lowest BCUT2D eigenvalue weighted by molar-refractivity contribution is -0.00225. The maximum Gasteiger partial charge on any atom is 0.0702 e. The summed E-state index contributed by atoms with van der Waals surface area (Å²) in [6, 6.07) is 2.14. The van der Waals surface area contributed by atoms with Gasteiger partial charge in [-0.3, -0.25) is 9.88 Å². The van der Waals surface area contributed by atoms with Gasteiger partial charge < -0.3 is 4.74 Å². The van der Waals surface area contributed by atoms with Gasteiger partial charge in [0, 0.05) is 36.6 Å². The molecular formula is C14H21BrN2O. The number of ether oxygens (including phenoxy) is 1. The van der Waals surface area contributed by atoms with Crippen molar-refractivity contribution in [3.63, 3.8) is 0 Å². The van der Waals surface area contributed by atoms with Crippen molar-refractivity contribution in [3.05, 3.63) is 28.5 Å². The molecule has 4 heteroatoms. The van der Waals surface area contributed by atoms with Crippen molar-refractivity contribution in [2.45, 2.75) is 38.8 Å². The molecule has 1 unspecified atom stereocenters. The fourth-order valence-corrected chi connectivity index (χ4v) is 2.79. The van der Waals surface area contributed by atoms with Crippen LogP contribution in [0.1, 0.15) is 31.7 Å². The summed E-state index contributed by atoms with van der Waals surface area (Å²) in [6.45, 7) is 6.23. The Kier molecular flexibility index (Phi) is 5.60. The Morgan fingerprint density at radius 1 is 1.50 bits per heavy atom. The lowest BCUT2D eigenvalue weighted by Gasteiger charge is -2.32. The van der Waals surface area contributed by atoms with E-state index in [4.69, 9.17) is 4.74 Å². The van der Waals surface area contributed by atoms with Gasteiger partial charge in [0.25, 0.3) is 0 Å². The average Bonchev–Trinajstić information content (AvgIpc) is 2.37. The molecule has 1 atom stereocenters. The second-order valence-corrected chi connectivity index (χ2v) is 5.80. The van der Waals surface area contributed by atoms with Crippen molar-refractivity contribution in [1.82, 2.24) is 9.88 Å². The van der Waals surface area contributed by atoms with Crippen LogP contribution in [0.5, 0.6) is 0 Å². The smallest absolute Gasteiger partial charge is 0.0702 e. The first-order valence-corrected chi connectivity index (χ1v) is 7.50. The van der Waals surface area contributed by atoms with Crippen molar-refractivity contribution in [2.24, 2.45) is 0 Å². The molecule has 0 amide bonds. The molecule has 0 bridgehead atoms. The van der Waals surface area contributed by atoms with E-state index < -0.39 is 0 Å². The zero-order valence-corrected chi connectivity index (χ0v) is 12.5. The van der Waals surface area contributed by atoms with E-state index in [-0.39, 0.29) is 0 Å². The fraction of sp³-hybridized carbons (Fsp3) is 0.643. The Bertz CT molecular complexity index is 373. The summed E-state index contributed by atoms with van der Waals surface area (Å²) >= 11 is 3.47. The molecule has 0 aromatic carbocycles. The summed E-state index contributed by atoms with van der Waals surface area (Å²) in [6.07, 6.45) is 7.72. The lowest BCUT2D eigenvalue weighted by Crippen LogP contribution is -2.39. The predicted molar refractivity (Wildman–Crippen MR) is 76.5 cm³/mol. The van der Waals surface area contributed by atoms with Gasteiger partial charge in [-0.05, 0) is 53.4 Å². The minimum atomic E-state index is 0.416. The largest absolute Gasteiger partial charge is 0.377 e. The summed E-state index contributed by atoms with van der Waals surface area (Å²) in [4.78, 5) is 6.68. The molecule has 1 fully saturated rings. The normalized spacial score (nSPS) is 21.1. The molecule has 1 saturated heterocycles. The highest BCUT2D eigenvalue weighted by molar-refractivity contribution is 9.10. The number of likely N-dealkylation sites (tertiary alicyclic amines) is 1. The molecule has 1 aromatic heterocycles. The molecule has 1 aliphatic rings. The highest BCUT2D eigenvalue weighted by Crippen LogP contribution is 2.17. The highest BCUT2D eigenvalue weighted by Gasteiger charge is 2.20. The molecule has 100 valence electrons. The van der Waals surface area contributed by atoms with E-state index in [9.17, 15) is 0 Å². The maximum absolute atomic E-state index is 5.86. The molecule has 18 heavy (non-hydrogen) atoms. The molecule has 0 aliphatic carbocycles. The highest BCUT2D eigenvalue weighted by atomic mass is 79.9. The summed E-state index contributed by atoms with van der Waals surface area (Å²) in [5.41, 5.74) is 1.26. The van der Waals surface area contributed by atoms with E-state index in [1.165, 1.54) is 24.9 Å². The molecule has 2 rings (SSSR count). The Morgan fingerprint density at radius 3 is 3.17 bits per heavy atom. The van der Waals surface area contributed by atoms with Gasteiger partial charge in [0.1, 0.15) is 0 Å². The van der Waals surface area contributed by atoms with Gasteiger partial charge in [-0.2, -0.15) is 0 Å². The van der Waals surface area contributed by atoms with Crippen LogP contribution < -0.4 is 0 Å². The van der Waals surface area contributed by atoms with E-state index in [1.54, 1.807) is 0 Å². The van der Waals surface area contributed by atoms with Gasteiger partial charge in [-0.1, -0.05) is 6.92 Å². The van der Waals surface area contributed by atoms with Gasteiger partial charge in [0.2, 0.25) is 0 Å². The first-order valence-electron chi connectivity index (χ1n) is 6.71. The summed E-state index contributed by atoms with van der Waals surface area (Å²) in [7, 11) is 0. The quantitative estimate of drug-likeness (QED) is 0.834. The Hall–Kier alpha value is -0.450. The Morgan fingerprint density at radius 2 is 2.39 bits per heavy atom. The van der Waals surface area contributed by atoms with Crippen LogP contribution in [0.3, 0.4) is 0 Å². The SMILES string of the molecule is CCCOC1CCCN(Cc2cncc(Br)c2)C1. The van der Waals surface area contributed by atoms with E-state index in [1.807, 2.05) is 12.4 Å². The molecule has 0 saturated carbocycles.